The summed E-state index contributed by atoms with van der Waals surface area (Å²) in [6.45, 7) is 4.60. The lowest BCUT2D eigenvalue weighted by atomic mass is 10.1. The van der Waals surface area contributed by atoms with Gasteiger partial charge < -0.3 is 20.9 Å². The predicted molar refractivity (Wildman–Crippen MR) is 96.8 cm³/mol. The van der Waals surface area contributed by atoms with Crippen LogP contribution in [0.25, 0.3) is 0 Å². The van der Waals surface area contributed by atoms with Crippen LogP contribution in [0.1, 0.15) is 30.9 Å². The highest BCUT2D eigenvalue weighted by molar-refractivity contribution is 5.93. The Kier molecular flexibility index (Phi) is 6.71. The van der Waals surface area contributed by atoms with Crippen molar-refractivity contribution in [2.45, 2.75) is 45.8 Å². The fraction of sp³-hybridized carbons (Fsp3) is 0.389. The van der Waals surface area contributed by atoms with Gasteiger partial charge in [0.15, 0.2) is 5.82 Å². The number of anilines is 1. The van der Waals surface area contributed by atoms with Gasteiger partial charge in [0.2, 0.25) is 11.8 Å². The molecule has 2 rings (SSSR count). The Bertz CT molecular complexity index is 726. The van der Waals surface area contributed by atoms with Crippen molar-refractivity contribution in [3.8, 4) is 0 Å². The van der Waals surface area contributed by atoms with E-state index in [0.717, 1.165) is 17.5 Å². The van der Waals surface area contributed by atoms with Crippen LogP contribution in [0.3, 0.4) is 0 Å². The van der Waals surface area contributed by atoms with E-state index in [9.17, 15) is 9.59 Å². The van der Waals surface area contributed by atoms with Crippen molar-refractivity contribution in [2.24, 2.45) is 5.73 Å². The van der Waals surface area contributed by atoms with Crippen LogP contribution in [0, 0.1) is 6.92 Å². The maximum atomic E-state index is 12.1. The van der Waals surface area contributed by atoms with Crippen molar-refractivity contribution >= 4 is 17.6 Å². The largest absolute Gasteiger partial charge is 0.350 e. The summed E-state index contributed by atoms with van der Waals surface area (Å²) in [7, 11) is 0. The molecule has 0 radical (unpaired) electrons. The summed E-state index contributed by atoms with van der Waals surface area (Å²) in [6.07, 6.45) is 4.58. The molecule has 0 aliphatic heterocycles. The quantitative estimate of drug-likeness (QED) is 0.677. The maximum absolute atomic E-state index is 12.1. The van der Waals surface area contributed by atoms with E-state index < -0.39 is 6.04 Å². The standard InChI is InChI=1S/C18H25N5O2/c1-3-6-15(19)18(25)22-16-10-23(12-21-16)11-17(24)20-9-14-8-5-4-7-13(14)2/h4-5,7-8,10,12,15H,3,6,9,11,19H2,1-2H3,(H,20,24)(H,22,25)/t15-/m0/s1. The molecule has 0 spiro atoms. The lowest BCUT2D eigenvalue weighted by Gasteiger charge is -2.09. The minimum Gasteiger partial charge on any atom is -0.350 e. The van der Waals surface area contributed by atoms with Crippen molar-refractivity contribution in [3.63, 3.8) is 0 Å². The minimum atomic E-state index is -0.549. The van der Waals surface area contributed by atoms with Gasteiger partial charge in [-0.2, -0.15) is 0 Å². The first-order valence-electron chi connectivity index (χ1n) is 8.39. The Hall–Kier alpha value is -2.67. The monoisotopic (exact) mass is 343 g/mol. The number of carbonyl (C=O) groups is 2. The van der Waals surface area contributed by atoms with Gasteiger partial charge in [-0.25, -0.2) is 4.98 Å². The number of nitrogens with one attached hydrogen (secondary N) is 2. The highest BCUT2D eigenvalue weighted by Gasteiger charge is 2.14. The lowest BCUT2D eigenvalue weighted by Crippen LogP contribution is -2.35. The number of amides is 2. The summed E-state index contributed by atoms with van der Waals surface area (Å²) in [5, 5.41) is 5.54. The van der Waals surface area contributed by atoms with E-state index in [2.05, 4.69) is 15.6 Å². The molecule has 0 aliphatic rings. The number of carbonyl (C=O) groups excluding carboxylic acids is 2. The molecule has 0 aliphatic carbocycles. The van der Waals surface area contributed by atoms with Gasteiger partial charge in [0.25, 0.3) is 0 Å². The number of aromatic nitrogens is 2. The maximum Gasteiger partial charge on any atom is 0.242 e. The topological polar surface area (TPSA) is 102 Å². The van der Waals surface area contributed by atoms with Gasteiger partial charge in [0.1, 0.15) is 6.54 Å². The third kappa shape index (κ3) is 5.72. The number of benzene rings is 1. The molecule has 134 valence electrons. The first-order chi connectivity index (χ1) is 12.0. The van der Waals surface area contributed by atoms with Crippen molar-refractivity contribution in [1.29, 1.82) is 0 Å². The molecule has 2 aromatic rings. The summed E-state index contributed by atoms with van der Waals surface area (Å²) < 4.78 is 1.62. The number of rotatable bonds is 8. The summed E-state index contributed by atoms with van der Waals surface area (Å²) in [5.74, 6) is 0.000533. The molecular weight excluding hydrogens is 318 g/mol. The predicted octanol–water partition coefficient (Wildman–Crippen LogP) is 1.57. The minimum absolute atomic E-state index is 0.124. The Morgan fingerprint density at radius 1 is 1.32 bits per heavy atom. The SMILES string of the molecule is CCC[C@H](N)C(=O)Nc1cn(CC(=O)NCc2ccccc2C)cn1. The second-order valence-corrected chi connectivity index (χ2v) is 6.02. The van der Waals surface area contributed by atoms with Gasteiger partial charge >= 0.3 is 0 Å². The first kappa shape index (κ1) is 18.7. The van der Waals surface area contributed by atoms with Crippen molar-refractivity contribution in [2.75, 3.05) is 5.32 Å². The second-order valence-electron chi connectivity index (χ2n) is 6.02. The molecule has 1 atom stereocenters. The molecule has 0 saturated heterocycles. The zero-order valence-corrected chi connectivity index (χ0v) is 14.7. The number of aryl methyl sites for hydroxylation is 1. The summed E-state index contributed by atoms with van der Waals surface area (Å²) in [6, 6.07) is 7.36. The molecule has 25 heavy (non-hydrogen) atoms. The molecule has 0 fully saturated rings. The van der Waals surface area contributed by atoms with Gasteiger partial charge in [0.05, 0.1) is 12.4 Å². The van der Waals surface area contributed by atoms with Gasteiger partial charge in [-0.3, -0.25) is 9.59 Å². The van der Waals surface area contributed by atoms with Crippen LogP contribution in [0.5, 0.6) is 0 Å². The molecule has 0 unspecified atom stereocenters. The highest BCUT2D eigenvalue weighted by Crippen LogP contribution is 2.07. The van der Waals surface area contributed by atoms with E-state index in [1.54, 1.807) is 10.8 Å². The van der Waals surface area contributed by atoms with Crippen LogP contribution in [0.4, 0.5) is 5.82 Å². The van der Waals surface area contributed by atoms with Gasteiger partial charge in [0, 0.05) is 12.7 Å². The van der Waals surface area contributed by atoms with Crippen LogP contribution in [0.15, 0.2) is 36.8 Å². The Morgan fingerprint density at radius 2 is 2.08 bits per heavy atom. The van der Waals surface area contributed by atoms with Crippen LogP contribution in [-0.2, 0) is 22.7 Å². The molecular formula is C18H25N5O2. The summed E-state index contributed by atoms with van der Waals surface area (Å²) >= 11 is 0. The zero-order valence-electron chi connectivity index (χ0n) is 14.7. The number of hydrogen-bond acceptors (Lipinski definition) is 4. The van der Waals surface area contributed by atoms with Crippen LogP contribution in [0.2, 0.25) is 0 Å². The third-order valence-electron chi connectivity index (χ3n) is 3.88. The van der Waals surface area contributed by atoms with Crippen molar-refractivity contribution in [1.82, 2.24) is 14.9 Å². The average Bonchev–Trinajstić information content (AvgIpc) is 3.01. The molecule has 0 saturated carbocycles. The first-order valence-corrected chi connectivity index (χ1v) is 8.39. The molecule has 7 heteroatoms. The number of imidazole rings is 1. The molecule has 0 bridgehead atoms. The summed E-state index contributed by atoms with van der Waals surface area (Å²) in [5.41, 5.74) is 7.98. The number of nitrogens with zero attached hydrogens (tertiary/aromatic N) is 2. The molecule has 4 N–H and O–H groups in total. The molecule has 1 aromatic heterocycles. The van der Waals surface area contributed by atoms with E-state index in [1.807, 2.05) is 38.1 Å². The van der Waals surface area contributed by atoms with E-state index in [0.29, 0.717) is 18.8 Å². The Balaban J connectivity index is 1.83. The molecule has 2 amide bonds. The van der Waals surface area contributed by atoms with E-state index in [4.69, 9.17) is 5.73 Å². The second kappa shape index (κ2) is 8.98. The smallest absolute Gasteiger partial charge is 0.242 e. The highest BCUT2D eigenvalue weighted by atomic mass is 16.2. The van der Waals surface area contributed by atoms with Crippen molar-refractivity contribution < 1.29 is 9.59 Å². The zero-order chi connectivity index (χ0) is 18.2. The summed E-state index contributed by atoms with van der Waals surface area (Å²) in [4.78, 5) is 28.0. The normalized spacial score (nSPS) is 11.8. The Labute approximate surface area is 147 Å². The van der Waals surface area contributed by atoms with Crippen LogP contribution >= 0.6 is 0 Å². The fourth-order valence-electron chi connectivity index (χ4n) is 2.40. The fourth-order valence-corrected chi connectivity index (χ4v) is 2.40. The van der Waals surface area contributed by atoms with Crippen molar-refractivity contribution in [3.05, 3.63) is 47.9 Å². The van der Waals surface area contributed by atoms with E-state index in [-0.39, 0.29) is 18.4 Å². The molecule has 1 aromatic carbocycles. The Morgan fingerprint density at radius 3 is 2.80 bits per heavy atom. The van der Waals surface area contributed by atoms with Gasteiger partial charge in [-0.15, -0.1) is 0 Å². The number of hydrogen-bond donors (Lipinski definition) is 3. The van der Waals surface area contributed by atoms with E-state index in [1.165, 1.54) is 6.33 Å². The van der Waals surface area contributed by atoms with Crippen LogP contribution < -0.4 is 16.4 Å². The molecule has 7 nitrogen and oxygen atoms in total. The number of nitrogens with two attached hydrogens (primary N) is 1. The van der Waals surface area contributed by atoms with Gasteiger partial charge in [-0.1, -0.05) is 37.6 Å². The molecule has 1 heterocycles. The van der Waals surface area contributed by atoms with E-state index >= 15 is 0 Å². The lowest BCUT2D eigenvalue weighted by molar-refractivity contribution is -0.121. The van der Waals surface area contributed by atoms with Crippen LogP contribution in [-0.4, -0.2) is 27.4 Å². The third-order valence-corrected chi connectivity index (χ3v) is 3.88. The van der Waals surface area contributed by atoms with Gasteiger partial charge in [-0.05, 0) is 24.5 Å². The average molecular weight is 343 g/mol.